The smallest absolute Gasteiger partial charge is 0.411 e. The van der Waals surface area contributed by atoms with Crippen LogP contribution in [0.4, 0.5) is 16.2 Å². The summed E-state index contributed by atoms with van der Waals surface area (Å²) in [5, 5.41) is 9.07. The molecule has 0 aliphatic rings. The molecule has 2 aromatic rings. The Morgan fingerprint density at radius 1 is 0.929 bits per heavy atom. The van der Waals surface area contributed by atoms with Crippen molar-refractivity contribution in [3.05, 3.63) is 48.0 Å². The van der Waals surface area contributed by atoms with Gasteiger partial charge in [-0.15, -0.1) is 0 Å². The van der Waals surface area contributed by atoms with Gasteiger partial charge in [-0.1, -0.05) is 12.1 Å². The summed E-state index contributed by atoms with van der Waals surface area (Å²) in [6.45, 7) is 3.20. The van der Waals surface area contributed by atoms with Crippen LogP contribution < -0.4 is 25.4 Å². The molecule has 0 radical (unpaired) electrons. The van der Waals surface area contributed by atoms with Gasteiger partial charge >= 0.3 is 6.09 Å². The van der Waals surface area contributed by atoms with Gasteiger partial charge in [-0.3, -0.25) is 5.32 Å². The largest absolute Gasteiger partial charge is 0.493 e. The molecule has 0 unspecified atom stereocenters. The van der Waals surface area contributed by atoms with Crippen molar-refractivity contribution in [1.82, 2.24) is 5.32 Å². The molecule has 0 aliphatic heterocycles. The van der Waals surface area contributed by atoms with Gasteiger partial charge in [0, 0.05) is 24.0 Å². The molecule has 0 saturated heterocycles. The number of guanidine groups is 1. The van der Waals surface area contributed by atoms with Crippen molar-refractivity contribution in [2.24, 2.45) is 4.99 Å². The van der Waals surface area contributed by atoms with Gasteiger partial charge in [0.2, 0.25) is 0 Å². The Balaban J connectivity index is 2.07. The Kier molecular flexibility index (Phi) is 7.95. The number of hydrogen-bond acceptors (Lipinski definition) is 5. The molecule has 0 saturated carbocycles. The van der Waals surface area contributed by atoms with E-state index in [0.717, 1.165) is 17.8 Å². The first-order chi connectivity index (χ1) is 13.6. The van der Waals surface area contributed by atoms with Crippen LogP contribution >= 0.6 is 0 Å². The van der Waals surface area contributed by atoms with Crippen LogP contribution in [0.3, 0.4) is 0 Å². The average molecular weight is 386 g/mol. The van der Waals surface area contributed by atoms with E-state index in [9.17, 15) is 4.79 Å². The minimum absolute atomic E-state index is 0.473. The molecule has 28 heavy (non-hydrogen) atoms. The zero-order valence-electron chi connectivity index (χ0n) is 16.5. The Labute approximate surface area is 164 Å². The second-order valence-electron chi connectivity index (χ2n) is 5.70. The Bertz CT molecular complexity index is 806. The molecular weight excluding hydrogens is 360 g/mol. The highest BCUT2D eigenvalue weighted by Gasteiger charge is 2.06. The van der Waals surface area contributed by atoms with E-state index in [2.05, 4.69) is 25.7 Å². The third-order valence-corrected chi connectivity index (χ3v) is 3.80. The number of hydrogen-bond donors (Lipinski definition) is 3. The van der Waals surface area contributed by atoms with Crippen LogP contribution in [0.5, 0.6) is 11.5 Å². The summed E-state index contributed by atoms with van der Waals surface area (Å²) in [6.07, 6.45) is -0.501. The highest BCUT2D eigenvalue weighted by molar-refractivity contribution is 5.94. The Morgan fingerprint density at radius 3 is 2.21 bits per heavy atom. The van der Waals surface area contributed by atoms with Gasteiger partial charge in [-0.2, -0.15) is 0 Å². The molecule has 150 valence electrons. The third kappa shape index (κ3) is 6.08. The van der Waals surface area contributed by atoms with Crippen molar-refractivity contribution in [1.29, 1.82) is 0 Å². The quantitative estimate of drug-likeness (QED) is 0.498. The fourth-order valence-electron chi connectivity index (χ4n) is 2.39. The second kappa shape index (κ2) is 10.7. The lowest BCUT2D eigenvalue weighted by atomic mass is 10.2. The summed E-state index contributed by atoms with van der Waals surface area (Å²) in [5.74, 6) is 1.94. The fraction of sp³-hybridized carbons (Fsp3) is 0.300. The first kappa shape index (κ1) is 20.9. The lowest BCUT2D eigenvalue weighted by molar-refractivity contribution is 0.187. The van der Waals surface area contributed by atoms with Gasteiger partial charge in [-0.25, -0.2) is 9.79 Å². The maximum atomic E-state index is 11.2. The minimum atomic E-state index is -0.501. The van der Waals surface area contributed by atoms with Crippen LogP contribution in [0, 0.1) is 0 Å². The zero-order chi connectivity index (χ0) is 20.4. The summed E-state index contributed by atoms with van der Waals surface area (Å²) < 4.78 is 15.2. The number of anilines is 2. The molecule has 2 aromatic carbocycles. The fourth-order valence-corrected chi connectivity index (χ4v) is 2.39. The monoisotopic (exact) mass is 386 g/mol. The van der Waals surface area contributed by atoms with E-state index in [0.29, 0.717) is 29.7 Å². The molecule has 8 nitrogen and oxygen atoms in total. The standard InChI is InChI=1S/C20H26N4O4/c1-5-21-19(23-16-10-11-17(26-2)18(12-16)27-3)22-13-14-6-8-15(9-7-14)24-20(25)28-4/h6-12H,5,13H2,1-4H3,(H,24,25)(H2,21,22,23). The molecule has 0 fully saturated rings. The van der Waals surface area contributed by atoms with E-state index in [1.807, 2.05) is 37.3 Å². The maximum Gasteiger partial charge on any atom is 0.411 e. The van der Waals surface area contributed by atoms with Crippen LogP contribution in [0.1, 0.15) is 12.5 Å². The number of rotatable bonds is 7. The van der Waals surface area contributed by atoms with Gasteiger partial charge < -0.3 is 24.8 Å². The third-order valence-electron chi connectivity index (χ3n) is 3.80. The van der Waals surface area contributed by atoms with Crippen LogP contribution in [-0.4, -0.2) is 39.9 Å². The van der Waals surface area contributed by atoms with Crippen molar-refractivity contribution in [2.45, 2.75) is 13.5 Å². The summed E-state index contributed by atoms with van der Waals surface area (Å²) >= 11 is 0. The Morgan fingerprint density at radius 2 is 1.61 bits per heavy atom. The second-order valence-corrected chi connectivity index (χ2v) is 5.70. The Hall–Kier alpha value is -3.42. The van der Waals surface area contributed by atoms with Gasteiger partial charge in [0.1, 0.15) is 0 Å². The zero-order valence-corrected chi connectivity index (χ0v) is 16.5. The van der Waals surface area contributed by atoms with E-state index < -0.39 is 6.09 Å². The summed E-state index contributed by atoms with van der Waals surface area (Å²) in [4.78, 5) is 15.8. The highest BCUT2D eigenvalue weighted by Crippen LogP contribution is 2.29. The molecule has 0 aliphatic carbocycles. The van der Waals surface area contributed by atoms with E-state index in [1.54, 1.807) is 26.4 Å². The number of carbonyl (C=O) groups excluding carboxylic acids is 1. The minimum Gasteiger partial charge on any atom is -0.493 e. The van der Waals surface area contributed by atoms with Gasteiger partial charge in [0.25, 0.3) is 0 Å². The summed E-state index contributed by atoms with van der Waals surface area (Å²) in [6, 6.07) is 13.0. The number of methoxy groups -OCH3 is 3. The molecule has 3 N–H and O–H groups in total. The van der Waals surface area contributed by atoms with Crippen molar-refractivity contribution >= 4 is 23.4 Å². The molecule has 0 atom stereocenters. The van der Waals surface area contributed by atoms with Crippen molar-refractivity contribution in [3.63, 3.8) is 0 Å². The van der Waals surface area contributed by atoms with Crippen LogP contribution in [0.2, 0.25) is 0 Å². The van der Waals surface area contributed by atoms with Gasteiger partial charge in [-0.05, 0) is 36.8 Å². The van der Waals surface area contributed by atoms with E-state index in [1.165, 1.54) is 7.11 Å². The number of nitrogens with zero attached hydrogens (tertiary/aromatic N) is 1. The summed E-state index contributed by atoms with van der Waals surface area (Å²) in [7, 11) is 4.52. The molecule has 0 bridgehead atoms. The van der Waals surface area contributed by atoms with Crippen LogP contribution in [-0.2, 0) is 11.3 Å². The normalized spacial score (nSPS) is 10.8. The highest BCUT2D eigenvalue weighted by atomic mass is 16.5. The molecule has 0 aromatic heterocycles. The first-order valence-electron chi connectivity index (χ1n) is 8.80. The topological polar surface area (TPSA) is 93.2 Å². The SMILES string of the molecule is CCNC(=NCc1ccc(NC(=O)OC)cc1)Nc1ccc(OC)c(OC)c1. The van der Waals surface area contributed by atoms with Crippen LogP contribution in [0.15, 0.2) is 47.5 Å². The molecular formula is C20H26N4O4. The molecule has 2 rings (SSSR count). The molecule has 1 amide bonds. The lowest BCUT2D eigenvalue weighted by Crippen LogP contribution is -2.30. The number of amides is 1. The maximum absolute atomic E-state index is 11.2. The summed E-state index contributed by atoms with van der Waals surface area (Å²) in [5.41, 5.74) is 2.49. The first-order valence-corrected chi connectivity index (χ1v) is 8.80. The van der Waals surface area contributed by atoms with Crippen molar-refractivity contribution in [2.75, 3.05) is 38.5 Å². The molecule has 0 heterocycles. The average Bonchev–Trinajstić information content (AvgIpc) is 2.73. The predicted octanol–water partition coefficient (Wildman–Crippen LogP) is 3.46. The number of carbonyl (C=O) groups is 1. The molecule has 0 spiro atoms. The van der Waals surface area contributed by atoms with E-state index in [4.69, 9.17) is 9.47 Å². The lowest BCUT2D eigenvalue weighted by Gasteiger charge is -2.14. The van der Waals surface area contributed by atoms with Crippen LogP contribution in [0.25, 0.3) is 0 Å². The van der Waals surface area contributed by atoms with Crippen molar-refractivity contribution in [3.8, 4) is 11.5 Å². The number of aliphatic imine (C=N–C) groups is 1. The molecule has 8 heteroatoms. The van der Waals surface area contributed by atoms with Gasteiger partial charge in [0.05, 0.1) is 27.9 Å². The number of ether oxygens (including phenoxy) is 3. The van der Waals surface area contributed by atoms with Gasteiger partial charge in [0.15, 0.2) is 17.5 Å². The van der Waals surface area contributed by atoms with E-state index >= 15 is 0 Å². The predicted molar refractivity (Wildman–Crippen MR) is 110 cm³/mol. The van der Waals surface area contributed by atoms with E-state index in [-0.39, 0.29) is 0 Å². The number of benzene rings is 2. The van der Waals surface area contributed by atoms with Crippen molar-refractivity contribution < 1.29 is 19.0 Å². The number of nitrogens with one attached hydrogen (secondary N) is 3.